The monoisotopic (exact) mass is 473 g/mol. The maximum atomic E-state index is 13.4. The second-order valence-corrected chi connectivity index (χ2v) is 12.1. The molecule has 1 saturated heterocycles. The molecule has 0 unspecified atom stereocenters. The number of anilines is 1. The van der Waals surface area contributed by atoms with E-state index in [1.165, 1.54) is 17.1 Å². The van der Waals surface area contributed by atoms with Gasteiger partial charge in [0.25, 0.3) is 0 Å². The van der Waals surface area contributed by atoms with Gasteiger partial charge in [-0.05, 0) is 75.1 Å². The van der Waals surface area contributed by atoms with Gasteiger partial charge >= 0.3 is 0 Å². The Kier molecular flexibility index (Phi) is 6.49. The lowest BCUT2D eigenvalue weighted by Crippen LogP contribution is -2.45. The van der Waals surface area contributed by atoms with E-state index in [4.69, 9.17) is 0 Å². The Bertz CT molecular complexity index is 1010. The third-order valence-electron chi connectivity index (χ3n) is 8.05. The van der Waals surface area contributed by atoms with E-state index >= 15 is 0 Å². The van der Waals surface area contributed by atoms with Gasteiger partial charge in [-0.2, -0.15) is 4.31 Å². The molecular weight excluding hydrogens is 438 g/mol. The second-order valence-electron chi connectivity index (χ2n) is 10.2. The van der Waals surface area contributed by atoms with Gasteiger partial charge in [-0.1, -0.05) is 19.3 Å². The molecule has 8 heteroatoms. The Labute approximate surface area is 196 Å². The summed E-state index contributed by atoms with van der Waals surface area (Å²) < 4.78 is 28.2. The molecule has 0 bridgehead atoms. The fourth-order valence-electron chi connectivity index (χ4n) is 5.74. The van der Waals surface area contributed by atoms with E-state index < -0.39 is 10.0 Å². The molecule has 0 radical (unpaired) electrons. The van der Waals surface area contributed by atoms with Gasteiger partial charge in [0, 0.05) is 43.2 Å². The van der Waals surface area contributed by atoms with Crippen molar-refractivity contribution >= 4 is 27.5 Å². The first-order valence-electron chi connectivity index (χ1n) is 12.7. The smallest absolute Gasteiger partial charge is 0.243 e. The molecule has 1 aromatic rings. The number of hydrogen-bond acceptors (Lipinski definition) is 4. The molecule has 7 nitrogen and oxygen atoms in total. The molecule has 0 aromatic heterocycles. The summed E-state index contributed by atoms with van der Waals surface area (Å²) >= 11 is 0. The van der Waals surface area contributed by atoms with Crippen LogP contribution in [0, 0.1) is 11.8 Å². The lowest BCUT2D eigenvalue weighted by molar-refractivity contribution is -0.127. The molecule has 1 N–H and O–H groups in total. The molecule has 0 atom stereocenters. The maximum absolute atomic E-state index is 13.4. The minimum atomic E-state index is -3.62. The van der Waals surface area contributed by atoms with Crippen LogP contribution in [0.4, 0.5) is 5.69 Å². The van der Waals surface area contributed by atoms with Gasteiger partial charge in [-0.15, -0.1) is 0 Å². The largest absolute Gasteiger partial charge is 0.353 e. The molecule has 33 heavy (non-hydrogen) atoms. The van der Waals surface area contributed by atoms with E-state index in [0.29, 0.717) is 43.4 Å². The number of nitrogens with one attached hydrogen (secondary N) is 1. The van der Waals surface area contributed by atoms with Crippen molar-refractivity contribution in [3.63, 3.8) is 0 Å². The highest BCUT2D eigenvalue weighted by molar-refractivity contribution is 7.89. The molecular formula is C25H35N3O4S. The van der Waals surface area contributed by atoms with Gasteiger partial charge < -0.3 is 10.2 Å². The number of benzene rings is 1. The van der Waals surface area contributed by atoms with E-state index in [1.807, 2.05) is 11.0 Å². The Morgan fingerprint density at radius 2 is 1.58 bits per heavy atom. The van der Waals surface area contributed by atoms with Crippen LogP contribution in [0.3, 0.4) is 0 Å². The first-order valence-corrected chi connectivity index (χ1v) is 14.1. The van der Waals surface area contributed by atoms with Crippen molar-refractivity contribution in [2.45, 2.75) is 81.6 Å². The fraction of sp³-hybridized carbons (Fsp3) is 0.680. The Morgan fingerprint density at radius 1 is 0.848 bits per heavy atom. The van der Waals surface area contributed by atoms with Gasteiger partial charge in [0.15, 0.2) is 0 Å². The number of nitrogens with zero attached hydrogens (tertiary/aromatic N) is 2. The SMILES string of the molecule is O=C(NC1CCCC1)C1CCN(S(=O)(=O)c2ccc3c(c2)CCCN3C(=O)C2CCC2)CC1. The van der Waals surface area contributed by atoms with Crippen molar-refractivity contribution in [2.24, 2.45) is 11.8 Å². The van der Waals surface area contributed by atoms with Crippen LogP contribution in [-0.2, 0) is 26.0 Å². The molecule has 3 fully saturated rings. The lowest BCUT2D eigenvalue weighted by atomic mass is 9.83. The van der Waals surface area contributed by atoms with Crippen LogP contribution in [0.2, 0.25) is 0 Å². The number of piperidine rings is 1. The van der Waals surface area contributed by atoms with Crippen LogP contribution >= 0.6 is 0 Å². The zero-order valence-electron chi connectivity index (χ0n) is 19.3. The van der Waals surface area contributed by atoms with E-state index in [0.717, 1.165) is 56.2 Å². The normalized spacial score (nSPS) is 23.2. The van der Waals surface area contributed by atoms with Crippen LogP contribution in [-0.4, -0.2) is 50.2 Å². The lowest BCUT2D eigenvalue weighted by Gasteiger charge is -2.35. The minimum Gasteiger partial charge on any atom is -0.353 e. The van der Waals surface area contributed by atoms with E-state index in [-0.39, 0.29) is 23.7 Å². The molecule has 4 aliphatic rings. The number of sulfonamides is 1. The van der Waals surface area contributed by atoms with Crippen LogP contribution in [0.15, 0.2) is 23.1 Å². The van der Waals surface area contributed by atoms with Crippen molar-refractivity contribution in [3.05, 3.63) is 23.8 Å². The zero-order valence-corrected chi connectivity index (χ0v) is 20.1. The second kappa shape index (κ2) is 9.37. The van der Waals surface area contributed by atoms with Crippen LogP contribution in [0.1, 0.15) is 69.8 Å². The van der Waals surface area contributed by atoms with Gasteiger partial charge in [-0.3, -0.25) is 9.59 Å². The standard InChI is InChI=1S/C25H35N3O4S/c29-24(26-21-8-1-2-9-21)18-12-15-27(16-13-18)33(31,32)22-10-11-23-20(17-22)7-4-14-28(23)25(30)19-5-3-6-19/h10-11,17-19,21H,1-9,12-16H2,(H,26,29). The average molecular weight is 474 g/mol. The number of amides is 2. The van der Waals surface area contributed by atoms with Crippen molar-refractivity contribution in [2.75, 3.05) is 24.5 Å². The number of hydrogen-bond donors (Lipinski definition) is 1. The number of carbonyl (C=O) groups is 2. The zero-order chi connectivity index (χ0) is 23.0. The van der Waals surface area contributed by atoms with Crippen LogP contribution in [0.25, 0.3) is 0 Å². The third kappa shape index (κ3) is 4.56. The molecule has 5 rings (SSSR count). The van der Waals surface area contributed by atoms with Crippen molar-refractivity contribution in [1.82, 2.24) is 9.62 Å². The summed E-state index contributed by atoms with van der Waals surface area (Å²) in [6.07, 6.45) is 10.3. The summed E-state index contributed by atoms with van der Waals surface area (Å²) in [6.45, 7) is 1.45. The Morgan fingerprint density at radius 3 is 2.24 bits per heavy atom. The highest BCUT2D eigenvalue weighted by Crippen LogP contribution is 2.35. The number of rotatable bonds is 5. The highest BCUT2D eigenvalue weighted by atomic mass is 32.2. The van der Waals surface area contributed by atoms with Crippen molar-refractivity contribution in [1.29, 1.82) is 0 Å². The highest BCUT2D eigenvalue weighted by Gasteiger charge is 2.35. The molecule has 1 aromatic carbocycles. The van der Waals surface area contributed by atoms with Gasteiger partial charge in [0.1, 0.15) is 0 Å². The summed E-state index contributed by atoms with van der Waals surface area (Å²) in [5.41, 5.74) is 1.82. The molecule has 2 aliphatic carbocycles. The first-order chi connectivity index (χ1) is 15.9. The Balaban J connectivity index is 1.25. The quantitative estimate of drug-likeness (QED) is 0.711. The Hall–Kier alpha value is -1.93. The molecule has 2 saturated carbocycles. The molecule has 2 aliphatic heterocycles. The van der Waals surface area contributed by atoms with E-state index in [2.05, 4.69) is 5.32 Å². The van der Waals surface area contributed by atoms with Gasteiger partial charge in [-0.25, -0.2) is 8.42 Å². The average Bonchev–Trinajstić information content (AvgIpc) is 3.30. The topological polar surface area (TPSA) is 86.8 Å². The van der Waals surface area contributed by atoms with E-state index in [1.54, 1.807) is 12.1 Å². The number of aryl methyl sites for hydroxylation is 1. The summed E-state index contributed by atoms with van der Waals surface area (Å²) in [5.74, 6) is 0.304. The summed E-state index contributed by atoms with van der Waals surface area (Å²) in [7, 11) is -3.62. The number of fused-ring (bicyclic) bond motifs is 1. The van der Waals surface area contributed by atoms with Crippen molar-refractivity contribution < 1.29 is 18.0 Å². The molecule has 2 heterocycles. The minimum absolute atomic E-state index is 0.0870. The third-order valence-corrected chi connectivity index (χ3v) is 9.95. The van der Waals surface area contributed by atoms with Crippen LogP contribution in [0.5, 0.6) is 0 Å². The predicted molar refractivity (Wildman–Crippen MR) is 126 cm³/mol. The van der Waals surface area contributed by atoms with E-state index in [9.17, 15) is 18.0 Å². The molecule has 0 spiro atoms. The molecule has 2 amide bonds. The predicted octanol–water partition coefficient (Wildman–Crippen LogP) is 3.23. The summed E-state index contributed by atoms with van der Waals surface area (Å²) in [5, 5.41) is 3.16. The van der Waals surface area contributed by atoms with Crippen LogP contribution < -0.4 is 10.2 Å². The number of carbonyl (C=O) groups excluding carboxylic acids is 2. The van der Waals surface area contributed by atoms with Gasteiger partial charge in [0.2, 0.25) is 21.8 Å². The van der Waals surface area contributed by atoms with Gasteiger partial charge in [0.05, 0.1) is 4.90 Å². The molecule has 180 valence electrons. The van der Waals surface area contributed by atoms with Crippen molar-refractivity contribution in [3.8, 4) is 0 Å². The maximum Gasteiger partial charge on any atom is 0.243 e. The summed E-state index contributed by atoms with van der Waals surface area (Å²) in [4.78, 5) is 27.6. The first kappa shape index (κ1) is 22.8. The summed E-state index contributed by atoms with van der Waals surface area (Å²) in [6, 6.07) is 5.54. The fourth-order valence-corrected chi connectivity index (χ4v) is 7.26.